The second-order valence-electron chi connectivity index (χ2n) is 4.50. The van der Waals surface area contributed by atoms with E-state index in [0.717, 1.165) is 25.7 Å². The van der Waals surface area contributed by atoms with Gasteiger partial charge in [-0.3, -0.25) is 4.79 Å². The average Bonchev–Trinajstić information content (AvgIpc) is 2.19. The number of rotatable bonds is 1. The third kappa shape index (κ3) is 1.72. The van der Waals surface area contributed by atoms with Crippen LogP contribution in [0, 0.1) is 0 Å². The summed E-state index contributed by atoms with van der Waals surface area (Å²) in [6.07, 6.45) is 3.69. The second-order valence-corrected chi connectivity index (χ2v) is 4.50. The molecule has 1 nitrogen and oxygen atoms in total. The topological polar surface area (TPSA) is 17.1 Å². The third-order valence-electron chi connectivity index (χ3n) is 3.24. The van der Waals surface area contributed by atoms with Gasteiger partial charge < -0.3 is 0 Å². The maximum atomic E-state index is 11.5. The van der Waals surface area contributed by atoms with Gasteiger partial charge in [0.2, 0.25) is 0 Å². The van der Waals surface area contributed by atoms with Crippen LogP contribution in [-0.4, -0.2) is 5.78 Å². The van der Waals surface area contributed by atoms with Gasteiger partial charge in [0, 0.05) is 12.8 Å². The fourth-order valence-corrected chi connectivity index (χ4v) is 2.37. The summed E-state index contributed by atoms with van der Waals surface area (Å²) in [7, 11) is 0. The minimum atomic E-state index is 0.0938. The molecule has 1 atom stereocenters. The summed E-state index contributed by atoms with van der Waals surface area (Å²) in [6, 6.07) is 10.4. The average molecular weight is 188 g/mol. The smallest absolute Gasteiger partial charge is 0.133 e. The molecule has 0 spiro atoms. The molecule has 14 heavy (non-hydrogen) atoms. The summed E-state index contributed by atoms with van der Waals surface area (Å²) in [5.41, 5.74) is 1.41. The van der Waals surface area contributed by atoms with Gasteiger partial charge in [-0.05, 0) is 23.8 Å². The SMILES string of the molecule is C[C@@]1(c2ccccc2)CCCC(=O)C1. The molecule has 0 aliphatic heterocycles. The molecule has 0 aromatic heterocycles. The van der Waals surface area contributed by atoms with Gasteiger partial charge in [-0.1, -0.05) is 37.3 Å². The quantitative estimate of drug-likeness (QED) is 0.662. The molecule has 1 saturated carbocycles. The molecule has 0 heterocycles. The van der Waals surface area contributed by atoms with Crippen LogP contribution >= 0.6 is 0 Å². The number of hydrogen-bond donors (Lipinski definition) is 0. The van der Waals surface area contributed by atoms with E-state index in [1.165, 1.54) is 5.56 Å². The van der Waals surface area contributed by atoms with Crippen LogP contribution in [0.2, 0.25) is 0 Å². The standard InChI is InChI=1S/C13H16O/c1-13(9-5-8-12(14)10-13)11-6-3-2-4-7-11/h2-4,6-7H,5,8-10H2,1H3/t13-/m1/s1. The van der Waals surface area contributed by atoms with E-state index in [9.17, 15) is 4.79 Å². The first-order valence-electron chi connectivity index (χ1n) is 5.28. The lowest BCUT2D eigenvalue weighted by molar-refractivity contribution is -0.121. The van der Waals surface area contributed by atoms with E-state index in [1.54, 1.807) is 0 Å². The molecule has 1 aliphatic rings. The van der Waals surface area contributed by atoms with E-state index in [-0.39, 0.29) is 5.41 Å². The molecule has 0 unspecified atom stereocenters. The van der Waals surface area contributed by atoms with Crippen LogP contribution in [0.25, 0.3) is 0 Å². The van der Waals surface area contributed by atoms with E-state index in [2.05, 4.69) is 31.2 Å². The van der Waals surface area contributed by atoms with Crippen molar-refractivity contribution in [1.29, 1.82) is 0 Å². The first-order valence-corrected chi connectivity index (χ1v) is 5.28. The number of ketones is 1. The predicted octanol–water partition coefficient (Wildman–Crippen LogP) is 3.09. The highest BCUT2D eigenvalue weighted by atomic mass is 16.1. The highest BCUT2D eigenvalue weighted by molar-refractivity contribution is 5.80. The minimum absolute atomic E-state index is 0.0938. The van der Waals surface area contributed by atoms with Gasteiger partial charge in [-0.25, -0.2) is 0 Å². The molecule has 1 aromatic carbocycles. The first kappa shape index (κ1) is 9.45. The summed E-state index contributed by atoms with van der Waals surface area (Å²) in [5.74, 6) is 0.419. The number of carbonyl (C=O) groups excluding carboxylic acids is 1. The molecule has 2 rings (SSSR count). The highest BCUT2D eigenvalue weighted by Gasteiger charge is 2.32. The summed E-state index contributed by atoms with van der Waals surface area (Å²) in [6.45, 7) is 2.21. The molecule has 1 heteroatoms. The second kappa shape index (κ2) is 3.56. The Morgan fingerprint density at radius 2 is 1.93 bits per heavy atom. The van der Waals surface area contributed by atoms with Crippen molar-refractivity contribution in [2.75, 3.05) is 0 Å². The highest BCUT2D eigenvalue weighted by Crippen LogP contribution is 2.37. The zero-order valence-corrected chi connectivity index (χ0v) is 8.62. The van der Waals surface area contributed by atoms with E-state index >= 15 is 0 Å². The van der Waals surface area contributed by atoms with Crippen LogP contribution in [0.1, 0.15) is 38.2 Å². The summed E-state index contributed by atoms with van der Waals surface area (Å²) < 4.78 is 0. The zero-order valence-electron chi connectivity index (χ0n) is 8.62. The first-order chi connectivity index (χ1) is 6.71. The van der Waals surface area contributed by atoms with Crippen molar-refractivity contribution < 1.29 is 4.79 Å². The van der Waals surface area contributed by atoms with Crippen molar-refractivity contribution in [2.45, 2.75) is 38.0 Å². The minimum Gasteiger partial charge on any atom is -0.300 e. The molecule has 0 amide bonds. The van der Waals surface area contributed by atoms with Gasteiger partial charge in [-0.2, -0.15) is 0 Å². The lowest BCUT2D eigenvalue weighted by Crippen LogP contribution is -2.29. The molecular weight excluding hydrogens is 172 g/mol. The molecule has 0 bridgehead atoms. The van der Waals surface area contributed by atoms with Crippen molar-refractivity contribution in [3.8, 4) is 0 Å². The fourth-order valence-electron chi connectivity index (χ4n) is 2.37. The monoisotopic (exact) mass is 188 g/mol. The van der Waals surface area contributed by atoms with Crippen LogP contribution in [0.15, 0.2) is 30.3 Å². The molecule has 1 aromatic rings. The third-order valence-corrected chi connectivity index (χ3v) is 3.24. The normalized spacial score (nSPS) is 27.6. The Morgan fingerprint density at radius 1 is 1.21 bits per heavy atom. The van der Waals surface area contributed by atoms with Gasteiger partial charge in [0.25, 0.3) is 0 Å². The number of benzene rings is 1. The zero-order chi connectivity index (χ0) is 10.0. The Balaban J connectivity index is 2.27. The number of hydrogen-bond acceptors (Lipinski definition) is 1. The molecule has 1 fully saturated rings. The van der Waals surface area contributed by atoms with Gasteiger partial charge in [0.15, 0.2) is 0 Å². The predicted molar refractivity (Wildman–Crippen MR) is 57.3 cm³/mol. The Hall–Kier alpha value is -1.11. The van der Waals surface area contributed by atoms with Crippen molar-refractivity contribution in [2.24, 2.45) is 0 Å². The fraction of sp³-hybridized carbons (Fsp3) is 0.462. The van der Waals surface area contributed by atoms with Crippen LogP contribution < -0.4 is 0 Å². The maximum Gasteiger partial charge on any atom is 0.133 e. The van der Waals surface area contributed by atoms with Crippen molar-refractivity contribution in [3.63, 3.8) is 0 Å². The number of Topliss-reactive ketones (excluding diaryl/α,β-unsaturated/α-hetero) is 1. The molecular formula is C13H16O. The van der Waals surface area contributed by atoms with E-state index in [0.29, 0.717) is 5.78 Å². The van der Waals surface area contributed by atoms with E-state index < -0.39 is 0 Å². The van der Waals surface area contributed by atoms with Crippen molar-refractivity contribution in [1.82, 2.24) is 0 Å². The van der Waals surface area contributed by atoms with E-state index in [4.69, 9.17) is 0 Å². The maximum absolute atomic E-state index is 11.5. The Morgan fingerprint density at radius 3 is 2.57 bits per heavy atom. The molecule has 0 N–H and O–H groups in total. The van der Waals surface area contributed by atoms with E-state index in [1.807, 2.05) is 6.07 Å². The van der Waals surface area contributed by atoms with Crippen LogP contribution in [0.3, 0.4) is 0 Å². The largest absolute Gasteiger partial charge is 0.300 e. The van der Waals surface area contributed by atoms with Gasteiger partial charge >= 0.3 is 0 Å². The molecule has 1 aliphatic carbocycles. The lowest BCUT2D eigenvalue weighted by atomic mass is 9.70. The molecule has 0 radical (unpaired) electrons. The van der Waals surface area contributed by atoms with Crippen LogP contribution in [-0.2, 0) is 10.2 Å². The Labute approximate surface area is 85.1 Å². The van der Waals surface area contributed by atoms with Crippen LogP contribution in [0.4, 0.5) is 0 Å². The summed E-state index contributed by atoms with van der Waals surface area (Å²) in [4.78, 5) is 11.5. The lowest BCUT2D eigenvalue weighted by Gasteiger charge is -2.33. The van der Waals surface area contributed by atoms with Crippen molar-refractivity contribution in [3.05, 3.63) is 35.9 Å². The summed E-state index contributed by atoms with van der Waals surface area (Å²) in [5, 5.41) is 0. The number of carbonyl (C=O) groups is 1. The van der Waals surface area contributed by atoms with Gasteiger partial charge in [0.1, 0.15) is 5.78 Å². The van der Waals surface area contributed by atoms with Gasteiger partial charge in [0.05, 0.1) is 0 Å². The molecule has 74 valence electrons. The Kier molecular flexibility index (Phi) is 2.40. The van der Waals surface area contributed by atoms with Crippen LogP contribution in [0.5, 0.6) is 0 Å². The molecule has 0 saturated heterocycles. The summed E-state index contributed by atoms with van der Waals surface area (Å²) >= 11 is 0. The van der Waals surface area contributed by atoms with Crippen molar-refractivity contribution >= 4 is 5.78 Å². The Bertz CT molecular complexity index is 328. The van der Waals surface area contributed by atoms with Gasteiger partial charge in [-0.15, -0.1) is 0 Å².